The summed E-state index contributed by atoms with van der Waals surface area (Å²) in [7, 11) is 0. The summed E-state index contributed by atoms with van der Waals surface area (Å²) in [5.74, 6) is -0.464. The molecule has 3 aliphatic heterocycles. The molecule has 1 atom stereocenters. The number of piperidine rings is 2. The van der Waals surface area contributed by atoms with E-state index in [2.05, 4.69) is 5.32 Å². The molecule has 0 aliphatic carbocycles. The van der Waals surface area contributed by atoms with Crippen LogP contribution in [-0.2, 0) is 20.8 Å². The molecule has 3 heterocycles. The first kappa shape index (κ1) is 25.1. The van der Waals surface area contributed by atoms with Crippen LogP contribution in [0, 0.1) is 11.7 Å². The number of nitrogens with zero attached hydrogens (tertiary/aromatic N) is 3. The second kappa shape index (κ2) is 10.3. The van der Waals surface area contributed by atoms with E-state index in [-0.39, 0.29) is 49.0 Å². The minimum Gasteiger partial charge on any atom is -0.342 e. The van der Waals surface area contributed by atoms with Gasteiger partial charge in [-0.1, -0.05) is 18.2 Å². The van der Waals surface area contributed by atoms with Crippen molar-refractivity contribution in [3.63, 3.8) is 0 Å². The van der Waals surface area contributed by atoms with Gasteiger partial charge in [0.05, 0.1) is 6.42 Å². The first-order valence-corrected chi connectivity index (χ1v) is 12.6. The largest absolute Gasteiger partial charge is 0.342 e. The minimum absolute atomic E-state index is 0.0296. The van der Waals surface area contributed by atoms with Gasteiger partial charge >= 0.3 is 6.03 Å². The average molecular weight is 487 g/mol. The van der Waals surface area contributed by atoms with Crippen LogP contribution in [0.5, 0.6) is 0 Å². The molecule has 0 aromatic heterocycles. The third-order valence-corrected chi connectivity index (χ3v) is 7.60. The second-order valence-electron chi connectivity index (χ2n) is 10.4. The Kier molecular flexibility index (Phi) is 7.42. The van der Waals surface area contributed by atoms with Gasteiger partial charge in [0, 0.05) is 38.6 Å². The lowest BCUT2D eigenvalue weighted by Crippen LogP contribution is -2.51. The molecule has 190 valence electrons. The SMILES string of the molecule is CC1(C)NC(=O)N(CCC(=O)N2CCCC[C@@H]2C2CCN(C(=O)Cc3ccccc3F)CC2)C1=O. The number of nitrogens with one attached hydrogen (secondary N) is 1. The van der Waals surface area contributed by atoms with Crippen molar-refractivity contribution in [1.82, 2.24) is 20.0 Å². The molecule has 3 fully saturated rings. The van der Waals surface area contributed by atoms with E-state index in [0.29, 0.717) is 31.1 Å². The molecule has 1 aromatic carbocycles. The quantitative estimate of drug-likeness (QED) is 0.626. The summed E-state index contributed by atoms with van der Waals surface area (Å²) in [6.45, 7) is 5.29. The Bertz CT molecular complexity index is 989. The van der Waals surface area contributed by atoms with Gasteiger partial charge in [-0.3, -0.25) is 19.3 Å². The van der Waals surface area contributed by atoms with Gasteiger partial charge < -0.3 is 15.1 Å². The molecule has 35 heavy (non-hydrogen) atoms. The van der Waals surface area contributed by atoms with Crippen molar-refractivity contribution in [3.8, 4) is 0 Å². The fourth-order valence-electron chi connectivity index (χ4n) is 5.58. The molecule has 0 unspecified atom stereocenters. The zero-order chi connectivity index (χ0) is 25.2. The summed E-state index contributed by atoms with van der Waals surface area (Å²) < 4.78 is 13.9. The van der Waals surface area contributed by atoms with Crippen molar-refractivity contribution in [2.24, 2.45) is 5.92 Å². The number of halogens is 1. The predicted octanol–water partition coefficient (Wildman–Crippen LogP) is 2.71. The normalized spacial score (nSPS) is 22.9. The van der Waals surface area contributed by atoms with E-state index in [1.54, 1.807) is 36.9 Å². The van der Waals surface area contributed by atoms with E-state index < -0.39 is 11.6 Å². The Labute approximate surface area is 205 Å². The molecule has 1 N–H and O–H groups in total. The molecule has 8 nitrogen and oxygen atoms in total. The highest BCUT2D eigenvalue weighted by molar-refractivity contribution is 6.06. The summed E-state index contributed by atoms with van der Waals surface area (Å²) in [4.78, 5) is 55.3. The summed E-state index contributed by atoms with van der Waals surface area (Å²) in [6.07, 6.45) is 4.71. The summed E-state index contributed by atoms with van der Waals surface area (Å²) in [6, 6.07) is 6.03. The van der Waals surface area contributed by atoms with Crippen molar-refractivity contribution in [2.75, 3.05) is 26.2 Å². The van der Waals surface area contributed by atoms with Crippen LogP contribution in [-0.4, -0.2) is 76.2 Å². The highest BCUT2D eigenvalue weighted by Crippen LogP contribution is 2.31. The molecule has 9 heteroatoms. The molecule has 4 rings (SSSR count). The third kappa shape index (κ3) is 5.49. The molecule has 5 amide bonds. The number of hydrogen-bond donors (Lipinski definition) is 1. The second-order valence-corrected chi connectivity index (χ2v) is 10.4. The zero-order valence-electron chi connectivity index (χ0n) is 20.6. The van der Waals surface area contributed by atoms with Crippen LogP contribution >= 0.6 is 0 Å². The van der Waals surface area contributed by atoms with E-state index in [1.165, 1.54) is 6.07 Å². The first-order chi connectivity index (χ1) is 16.7. The van der Waals surface area contributed by atoms with E-state index in [0.717, 1.165) is 37.0 Å². The van der Waals surface area contributed by atoms with Gasteiger partial charge in [-0.05, 0) is 63.5 Å². The highest BCUT2D eigenvalue weighted by Gasteiger charge is 2.44. The number of carbonyl (C=O) groups excluding carboxylic acids is 4. The smallest absolute Gasteiger partial charge is 0.325 e. The number of imide groups is 1. The van der Waals surface area contributed by atoms with Gasteiger partial charge in [0.2, 0.25) is 11.8 Å². The van der Waals surface area contributed by atoms with Gasteiger partial charge in [0.15, 0.2) is 0 Å². The van der Waals surface area contributed by atoms with E-state index in [4.69, 9.17) is 0 Å². The van der Waals surface area contributed by atoms with Gasteiger partial charge in [-0.2, -0.15) is 0 Å². The molecule has 3 aliphatic rings. The molecule has 3 saturated heterocycles. The summed E-state index contributed by atoms with van der Waals surface area (Å²) >= 11 is 0. The van der Waals surface area contributed by atoms with Crippen LogP contribution in [0.2, 0.25) is 0 Å². The number of hydrogen-bond acceptors (Lipinski definition) is 4. The number of amides is 5. The van der Waals surface area contributed by atoms with Crippen molar-refractivity contribution in [2.45, 2.75) is 70.4 Å². The zero-order valence-corrected chi connectivity index (χ0v) is 20.6. The Morgan fingerprint density at radius 3 is 2.40 bits per heavy atom. The summed E-state index contributed by atoms with van der Waals surface area (Å²) in [5, 5.41) is 2.65. The molecular weight excluding hydrogens is 451 g/mol. The Morgan fingerprint density at radius 1 is 1.03 bits per heavy atom. The lowest BCUT2D eigenvalue weighted by atomic mass is 9.83. The highest BCUT2D eigenvalue weighted by atomic mass is 19.1. The van der Waals surface area contributed by atoms with Crippen LogP contribution in [0.1, 0.15) is 57.9 Å². The molecule has 1 aromatic rings. The van der Waals surface area contributed by atoms with Gasteiger partial charge in [0.1, 0.15) is 11.4 Å². The van der Waals surface area contributed by atoms with E-state index in [1.807, 2.05) is 4.90 Å². The lowest BCUT2D eigenvalue weighted by Gasteiger charge is -2.44. The Morgan fingerprint density at radius 2 is 1.74 bits per heavy atom. The lowest BCUT2D eigenvalue weighted by molar-refractivity contribution is -0.139. The number of carbonyl (C=O) groups is 4. The topological polar surface area (TPSA) is 90.0 Å². The minimum atomic E-state index is -0.939. The van der Waals surface area contributed by atoms with Gasteiger partial charge in [-0.25, -0.2) is 9.18 Å². The monoisotopic (exact) mass is 486 g/mol. The van der Waals surface area contributed by atoms with Crippen LogP contribution in [0.15, 0.2) is 24.3 Å². The number of benzene rings is 1. The average Bonchev–Trinajstić information content (AvgIpc) is 3.04. The van der Waals surface area contributed by atoms with E-state index in [9.17, 15) is 23.6 Å². The Hall–Kier alpha value is -2.97. The first-order valence-electron chi connectivity index (χ1n) is 12.6. The van der Waals surface area contributed by atoms with Crippen molar-refractivity contribution < 1.29 is 23.6 Å². The molecule has 0 bridgehead atoms. The van der Waals surface area contributed by atoms with Crippen LogP contribution in [0.25, 0.3) is 0 Å². The van der Waals surface area contributed by atoms with Crippen molar-refractivity contribution in [1.29, 1.82) is 0 Å². The van der Waals surface area contributed by atoms with Crippen molar-refractivity contribution >= 4 is 23.8 Å². The van der Waals surface area contributed by atoms with Gasteiger partial charge in [0.25, 0.3) is 5.91 Å². The molecule has 0 saturated carbocycles. The third-order valence-electron chi connectivity index (χ3n) is 7.60. The Balaban J connectivity index is 1.31. The number of likely N-dealkylation sites (tertiary alicyclic amines) is 2. The maximum Gasteiger partial charge on any atom is 0.325 e. The molecule has 0 spiro atoms. The standard InChI is InChI=1S/C26H35FN4O4/c1-26(2)24(34)31(25(35)28-26)16-12-22(32)30-13-6-5-9-21(30)18-10-14-29(15-11-18)23(33)17-19-7-3-4-8-20(19)27/h3-4,7-8,18,21H,5-6,9-17H2,1-2H3,(H,28,35)/t21-/m1/s1. The van der Waals surface area contributed by atoms with Crippen LogP contribution in [0.4, 0.5) is 9.18 Å². The molecular formula is C26H35FN4O4. The van der Waals surface area contributed by atoms with Crippen molar-refractivity contribution in [3.05, 3.63) is 35.6 Å². The van der Waals surface area contributed by atoms with Crippen LogP contribution in [0.3, 0.4) is 0 Å². The fraction of sp³-hybridized carbons (Fsp3) is 0.615. The van der Waals surface area contributed by atoms with Gasteiger partial charge in [-0.15, -0.1) is 0 Å². The predicted molar refractivity (Wildman–Crippen MR) is 128 cm³/mol. The maximum absolute atomic E-state index is 13.9. The number of rotatable bonds is 6. The summed E-state index contributed by atoms with van der Waals surface area (Å²) in [5.41, 5.74) is -0.525. The maximum atomic E-state index is 13.9. The molecule has 0 radical (unpaired) electrons. The van der Waals surface area contributed by atoms with E-state index >= 15 is 0 Å². The number of urea groups is 1. The fourth-order valence-corrected chi connectivity index (χ4v) is 5.58. The van der Waals surface area contributed by atoms with Crippen LogP contribution < -0.4 is 5.32 Å².